The normalized spacial score (nSPS) is 12.2. The molecule has 1 rings (SSSR count). The number of nitrogens with one attached hydrogen (secondary N) is 1. The van der Waals surface area contributed by atoms with E-state index in [0.29, 0.717) is 29.4 Å². The van der Waals surface area contributed by atoms with E-state index in [1.54, 1.807) is 6.07 Å². The third-order valence-electron chi connectivity index (χ3n) is 2.61. The van der Waals surface area contributed by atoms with Crippen molar-refractivity contribution in [3.63, 3.8) is 0 Å². The molecule has 0 spiro atoms. The van der Waals surface area contributed by atoms with Gasteiger partial charge in [0.25, 0.3) is 0 Å². The Kier molecular flexibility index (Phi) is 4.73. The molecule has 1 heterocycles. The van der Waals surface area contributed by atoms with Crippen molar-refractivity contribution in [2.24, 2.45) is 5.92 Å². The summed E-state index contributed by atoms with van der Waals surface area (Å²) in [5, 5.41) is 20.9. The zero-order valence-electron chi connectivity index (χ0n) is 10.1. The van der Waals surface area contributed by atoms with Gasteiger partial charge in [-0.05, 0) is 18.4 Å². The van der Waals surface area contributed by atoms with Crippen molar-refractivity contribution in [3.8, 4) is 6.07 Å². The molecule has 0 aromatic carbocycles. The summed E-state index contributed by atoms with van der Waals surface area (Å²) < 4.78 is 0. The van der Waals surface area contributed by atoms with Crippen LogP contribution in [0.1, 0.15) is 25.8 Å². The summed E-state index contributed by atoms with van der Waals surface area (Å²) in [7, 11) is 0. The Morgan fingerprint density at radius 2 is 2.29 bits per heavy atom. The van der Waals surface area contributed by atoms with E-state index in [4.69, 9.17) is 16.1 Å². The van der Waals surface area contributed by atoms with Gasteiger partial charge in [-0.3, -0.25) is 0 Å². The highest BCUT2D eigenvalue weighted by Crippen LogP contribution is 2.20. The van der Waals surface area contributed by atoms with Gasteiger partial charge in [0.1, 0.15) is 11.9 Å². The van der Waals surface area contributed by atoms with Gasteiger partial charge in [0.2, 0.25) is 0 Å². The quantitative estimate of drug-likeness (QED) is 0.715. The average Bonchev–Trinajstić information content (AvgIpc) is 2.30. The van der Waals surface area contributed by atoms with E-state index in [2.05, 4.69) is 24.1 Å². The molecule has 0 aliphatic carbocycles. The number of nitriles is 1. The molecule has 1 unspecified atom stereocenters. The summed E-state index contributed by atoms with van der Waals surface area (Å²) in [4.78, 5) is 4.11. The molecule has 1 aromatic rings. The zero-order valence-corrected chi connectivity index (χ0v) is 10.1. The molecule has 0 aliphatic heterocycles. The Bertz CT molecular complexity index is 411. The number of nitrogen functional groups attached to an aromatic ring is 1. The Morgan fingerprint density at radius 1 is 1.59 bits per heavy atom. The number of nitrogens with two attached hydrogens (primary N) is 1. The maximum absolute atomic E-state index is 8.98. The van der Waals surface area contributed by atoms with Crippen LogP contribution in [0.4, 0.5) is 11.5 Å². The molecule has 0 saturated carbocycles. The van der Waals surface area contributed by atoms with Crippen LogP contribution in [-0.4, -0.2) is 22.7 Å². The molecule has 1 atom stereocenters. The number of hydrogen-bond donors (Lipinski definition) is 3. The topological polar surface area (TPSA) is 95.0 Å². The maximum atomic E-state index is 8.98. The summed E-state index contributed by atoms with van der Waals surface area (Å²) >= 11 is 0. The fraction of sp³-hybridized carbons (Fsp3) is 0.500. The molecular formula is C12H18N4O. The van der Waals surface area contributed by atoms with Gasteiger partial charge in [-0.15, -0.1) is 0 Å². The van der Waals surface area contributed by atoms with Crippen LogP contribution < -0.4 is 11.1 Å². The van der Waals surface area contributed by atoms with Crippen LogP contribution in [0.15, 0.2) is 12.3 Å². The monoisotopic (exact) mass is 234 g/mol. The minimum absolute atomic E-state index is 0.114. The van der Waals surface area contributed by atoms with Gasteiger partial charge in [0.15, 0.2) is 0 Å². The number of nitrogens with zero attached hydrogens (tertiary/aromatic N) is 2. The first-order valence-corrected chi connectivity index (χ1v) is 5.61. The van der Waals surface area contributed by atoms with E-state index in [1.165, 1.54) is 6.20 Å². The standard InChI is InChI=1S/C12H18N4O/c1-8(2)11(3-4-17)16-12-10(14)5-9(6-13)7-15-12/h5,7-8,11,17H,3-4,14H2,1-2H3,(H,15,16). The molecule has 0 saturated heterocycles. The van der Waals surface area contributed by atoms with E-state index >= 15 is 0 Å². The molecule has 1 aromatic heterocycles. The molecule has 0 aliphatic rings. The lowest BCUT2D eigenvalue weighted by molar-refractivity contribution is 0.267. The number of aliphatic hydroxyl groups is 1. The van der Waals surface area contributed by atoms with E-state index in [-0.39, 0.29) is 12.6 Å². The van der Waals surface area contributed by atoms with Gasteiger partial charge in [0.05, 0.1) is 11.3 Å². The fourth-order valence-electron chi connectivity index (χ4n) is 1.55. The highest BCUT2D eigenvalue weighted by Gasteiger charge is 2.14. The van der Waals surface area contributed by atoms with Crippen LogP contribution in [0.3, 0.4) is 0 Å². The van der Waals surface area contributed by atoms with E-state index < -0.39 is 0 Å². The van der Waals surface area contributed by atoms with Crippen LogP contribution in [-0.2, 0) is 0 Å². The third-order valence-corrected chi connectivity index (χ3v) is 2.61. The first kappa shape index (κ1) is 13.3. The molecule has 0 amide bonds. The van der Waals surface area contributed by atoms with E-state index in [0.717, 1.165) is 0 Å². The van der Waals surface area contributed by atoms with Gasteiger partial charge in [-0.25, -0.2) is 4.98 Å². The third kappa shape index (κ3) is 3.61. The van der Waals surface area contributed by atoms with Crippen LogP contribution in [0.2, 0.25) is 0 Å². The Balaban J connectivity index is 2.83. The molecule has 0 radical (unpaired) electrons. The van der Waals surface area contributed by atoms with Gasteiger partial charge >= 0.3 is 0 Å². The van der Waals surface area contributed by atoms with Crippen LogP contribution in [0, 0.1) is 17.2 Å². The van der Waals surface area contributed by atoms with E-state index in [1.807, 2.05) is 6.07 Å². The smallest absolute Gasteiger partial charge is 0.149 e. The summed E-state index contributed by atoms with van der Waals surface area (Å²) in [6.07, 6.45) is 2.12. The molecule has 0 bridgehead atoms. The van der Waals surface area contributed by atoms with Crippen molar-refractivity contribution in [2.75, 3.05) is 17.7 Å². The number of anilines is 2. The van der Waals surface area contributed by atoms with Gasteiger partial charge in [0, 0.05) is 18.8 Å². The largest absolute Gasteiger partial charge is 0.396 e. The number of pyridine rings is 1. The predicted molar refractivity (Wildman–Crippen MR) is 67.3 cm³/mol. The second-order valence-corrected chi connectivity index (χ2v) is 4.28. The summed E-state index contributed by atoms with van der Waals surface area (Å²) in [6.45, 7) is 4.24. The molecule has 5 nitrogen and oxygen atoms in total. The van der Waals surface area contributed by atoms with Crippen molar-refractivity contribution in [1.29, 1.82) is 5.26 Å². The lowest BCUT2D eigenvalue weighted by Crippen LogP contribution is -2.27. The highest BCUT2D eigenvalue weighted by molar-refractivity contribution is 5.63. The van der Waals surface area contributed by atoms with Crippen molar-refractivity contribution in [1.82, 2.24) is 4.98 Å². The second kappa shape index (κ2) is 6.06. The predicted octanol–water partition coefficient (Wildman–Crippen LogP) is 1.35. The first-order valence-electron chi connectivity index (χ1n) is 5.61. The molecule has 4 N–H and O–H groups in total. The summed E-state index contributed by atoms with van der Waals surface area (Å²) in [6, 6.07) is 3.69. The maximum Gasteiger partial charge on any atom is 0.149 e. The number of hydrogen-bond acceptors (Lipinski definition) is 5. The second-order valence-electron chi connectivity index (χ2n) is 4.28. The number of rotatable bonds is 5. The van der Waals surface area contributed by atoms with Gasteiger partial charge in [-0.2, -0.15) is 5.26 Å². The summed E-state index contributed by atoms with van der Waals surface area (Å²) in [5.41, 5.74) is 6.70. The van der Waals surface area contributed by atoms with E-state index in [9.17, 15) is 0 Å². The first-order chi connectivity index (χ1) is 8.08. The Hall–Kier alpha value is -1.80. The molecule has 92 valence electrons. The van der Waals surface area contributed by atoms with Gasteiger partial charge in [-0.1, -0.05) is 13.8 Å². The lowest BCUT2D eigenvalue weighted by atomic mass is 10.0. The lowest BCUT2D eigenvalue weighted by Gasteiger charge is -2.22. The Morgan fingerprint density at radius 3 is 2.76 bits per heavy atom. The highest BCUT2D eigenvalue weighted by atomic mass is 16.3. The van der Waals surface area contributed by atoms with Crippen molar-refractivity contribution < 1.29 is 5.11 Å². The zero-order chi connectivity index (χ0) is 12.8. The van der Waals surface area contributed by atoms with Crippen LogP contribution in [0.25, 0.3) is 0 Å². The minimum atomic E-state index is 0.114. The molecule has 5 heteroatoms. The Labute approximate surface area is 101 Å². The van der Waals surface area contributed by atoms with Gasteiger partial charge < -0.3 is 16.2 Å². The van der Waals surface area contributed by atoms with Crippen LogP contribution >= 0.6 is 0 Å². The number of aliphatic hydroxyl groups excluding tert-OH is 1. The summed E-state index contributed by atoms with van der Waals surface area (Å²) in [5.74, 6) is 0.926. The fourth-order valence-corrected chi connectivity index (χ4v) is 1.55. The average molecular weight is 234 g/mol. The number of aromatic nitrogens is 1. The SMILES string of the molecule is CC(C)C(CCO)Nc1ncc(C#N)cc1N. The molecule has 17 heavy (non-hydrogen) atoms. The minimum Gasteiger partial charge on any atom is -0.396 e. The van der Waals surface area contributed by atoms with Crippen LogP contribution in [0.5, 0.6) is 0 Å². The van der Waals surface area contributed by atoms with Crippen molar-refractivity contribution in [2.45, 2.75) is 26.3 Å². The van der Waals surface area contributed by atoms with Crippen molar-refractivity contribution in [3.05, 3.63) is 17.8 Å². The van der Waals surface area contributed by atoms with Crippen molar-refractivity contribution >= 4 is 11.5 Å². The molecule has 0 fully saturated rings. The molecular weight excluding hydrogens is 216 g/mol.